The summed E-state index contributed by atoms with van der Waals surface area (Å²) >= 11 is 0. The second-order valence-electron chi connectivity index (χ2n) is 4.25. The zero-order chi connectivity index (χ0) is 11.8. The summed E-state index contributed by atoms with van der Waals surface area (Å²) in [6.07, 6.45) is 2.02. The second kappa shape index (κ2) is 3.80. The molecule has 0 amide bonds. The molecule has 0 saturated carbocycles. The molecule has 1 atom stereocenters. The Bertz CT molecular complexity index is 505. The fourth-order valence-electron chi connectivity index (χ4n) is 1.47. The quantitative estimate of drug-likeness (QED) is 0.741. The fraction of sp³-hybridized carbons (Fsp3) is 0.500. The van der Waals surface area contributed by atoms with Crippen LogP contribution in [0.5, 0.6) is 0 Å². The molecule has 16 heavy (non-hydrogen) atoms. The lowest BCUT2D eigenvalue weighted by molar-refractivity contribution is 0.0672. The van der Waals surface area contributed by atoms with Gasteiger partial charge in [-0.2, -0.15) is 0 Å². The first-order chi connectivity index (χ1) is 7.52. The molecule has 0 bridgehead atoms. The van der Waals surface area contributed by atoms with Gasteiger partial charge in [-0.15, -0.1) is 10.2 Å². The minimum Gasteiger partial charge on any atom is -0.388 e. The van der Waals surface area contributed by atoms with Gasteiger partial charge < -0.3 is 10.8 Å². The van der Waals surface area contributed by atoms with E-state index >= 15 is 0 Å². The molecule has 0 aromatic carbocycles. The van der Waals surface area contributed by atoms with Crippen LogP contribution < -0.4 is 5.73 Å². The van der Waals surface area contributed by atoms with Gasteiger partial charge in [-0.25, -0.2) is 4.98 Å². The van der Waals surface area contributed by atoms with E-state index in [4.69, 9.17) is 5.73 Å². The van der Waals surface area contributed by atoms with Crippen molar-refractivity contribution in [2.24, 2.45) is 5.73 Å². The molecule has 0 aliphatic rings. The van der Waals surface area contributed by atoms with Crippen molar-refractivity contribution < 1.29 is 5.11 Å². The van der Waals surface area contributed by atoms with Crippen LogP contribution in [-0.2, 0) is 6.42 Å². The van der Waals surface area contributed by atoms with Crippen molar-refractivity contribution in [1.82, 2.24) is 19.6 Å². The summed E-state index contributed by atoms with van der Waals surface area (Å²) in [5.41, 5.74) is 6.12. The summed E-state index contributed by atoms with van der Waals surface area (Å²) in [5, 5.41) is 17.9. The van der Waals surface area contributed by atoms with E-state index in [-0.39, 0.29) is 6.54 Å². The zero-order valence-corrected chi connectivity index (χ0v) is 9.38. The first kappa shape index (κ1) is 11.0. The summed E-state index contributed by atoms with van der Waals surface area (Å²) in [5.74, 6) is 0.665. The summed E-state index contributed by atoms with van der Waals surface area (Å²) in [6.45, 7) is 3.75. The van der Waals surface area contributed by atoms with Crippen molar-refractivity contribution >= 4 is 5.65 Å². The first-order valence-electron chi connectivity index (χ1n) is 5.10. The Morgan fingerprint density at radius 3 is 2.94 bits per heavy atom. The lowest BCUT2D eigenvalue weighted by Gasteiger charge is -2.19. The van der Waals surface area contributed by atoms with E-state index in [2.05, 4.69) is 15.2 Å². The number of aliphatic hydroxyl groups is 1. The average Bonchev–Trinajstić information content (AvgIpc) is 2.60. The molecule has 0 fully saturated rings. The molecule has 2 aromatic heterocycles. The minimum absolute atomic E-state index is 0.182. The van der Waals surface area contributed by atoms with Crippen LogP contribution in [0.2, 0.25) is 0 Å². The van der Waals surface area contributed by atoms with E-state index in [1.54, 1.807) is 17.7 Å². The topological polar surface area (TPSA) is 89.3 Å². The van der Waals surface area contributed by atoms with E-state index in [0.29, 0.717) is 12.2 Å². The molecule has 3 N–H and O–H groups in total. The third-order valence-corrected chi connectivity index (χ3v) is 2.49. The molecular weight excluding hydrogens is 206 g/mol. The largest absolute Gasteiger partial charge is 0.388 e. The number of nitrogens with zero attached hydrogens (tertiary/aromatic N) is 4. The van der Waals surface area contributed by atoms with Crippen LogP contribution >= 0.6 is 0 Å². The van der Waals surface area contributed by atoms with Gasteiger partial charge in [-0.05, 0) is 13.8 Å². The Morgan fingerprint density at radius 2 is 2.25 bits per heavy atom. The van der Waals surface area contributed by atoms with Crippen LogP contribution in [-0.4, -0.2) is 36.8 Å². The molecule has 2 heterocycles. The number of aromatic nitrogens is 4. The lowest BCUT2D eigenvalue weighted by Crippen LogP contribution is -2.37. The Balaban J connectivity index is 2.39. The molecular formula is C10H15N5O. The van der Waals surface area contributed by atoms with Crippen LogP contribution in [0.3, 0.4) is 0 Å². The van der Waals surface area contributed by atoms with Crippen LogP contribution in [0.25, 0.3) is 5.65 Å². The summed E-state index contributed by atoms with van der Waals surface area (Å²) in [7, 11) is 0. The second-order valence-corrected chi connectivity index (χ2v) is 4.25. The molecule has 0 radical (unpaired) electrons. The molecule has 6 nitrogen and oxygen atoms in total. The summed E-state index contributed by atoms with van der Waals surface area (Å²) in [4.78, 5) is 4.17. The van der Waals surface area contributed by atoms with E-state index < -0.39 is 5.60 Å². The fourth-order valence-corrected chi connectivity index (χ4v) is 1.47. The number of hydrogen-bond donors (Lipinski definition) is 2. The summed E-state index contributed by atoms with van der Waals surface area (Å²) in [6, 6.07) is 1.84. The number of hydrogen-bond acceptors (Lipinski definition) is 5. The SMILES string of the molecule is Cc1cc2nnc(CC(C)(O)CN)n2cn1. The molecule has 0 spiro atoms. The monoisotopic (exact) mass is 221 g/mol. The van der Waals surface area contributed by atoms with Crippen LogP contribution in [0.4, 0.5) is 0 Å². The Labute approximate surface area is 93.1 Å². The number of rotatable bonds is 3. The maximum Gasteiger partial charge on any atom is 0.163 e. The van der Waals surface area contributed by atoms with E-state index in [1.807, 2.05) is 13.0 Å². The van der Waals surface area contributed by atoms with Crippen molar-refractivity contribution in [3.8, 4) is 0 Å². The normalized spacial score (nSPS) is 15.2. The number of fused-ring (bicyclic) bond motifs is 1. The molecule has 2 rings (SSSR count). The van der Waals surface area contributed by atoms with Gasteiger partial charge in [0.25, 0.3) is 0 Å². The molecule has 2 aromatic rings. The maximum absolute atomic E-state index is 9.88. The standard InChI is InChI=1S/C10H15N5O/c1-7-3-8-13-14-9(15(8)6-12-7)4-10(2,16)5-11/h3,6,16H,4-5,11H2,1-2H3. The molecule has 0 aliphatic heterocycles. The van der Waals surface area contributed by atoms with E-state index in [0.717, 1.165) is 11.3 Å². The highest BCUT2D eigenvalue weighted by molar-refractivity contribution is 5.38. The zero-order valence-electron chi connectivity index (χ0n) is 9.38. The van der Waals surface area contributed by atoms with E-state index in [9.17, 15) is 5.11 Å². The Kier molecular flexibility index (Phi) is 2.61. The smallest absolute Gasteiger partial charge is 0.163 e. The predicted molar refractivity (Wildman–Crippen MR) is 58.9 cm³/mol. The Hall–Kier alpha value is -1.53. The van der Waals surface area contributed by atoms with Crippen LogP contribution in [0, 0.1) is 6.92 Å². The van der Waals surface area contributed by atoms with Crippen molar-refractivity contribution in [2.75, 3.05) is 6.54 Å². The van der Waals surface area contributed by atoms with Gasteiger partial charge >= 0.3 is 0 Å². The van der Waals surface area contributed by atoms with Gasteiger partial charge in [0.15, 0.2) is 5.65 Å². The van der Waals surface area contributed by atoms with Crippen molar-refractivity contribution in [1.29, 1.82) is 0 Å². The predicted octanol–water partition coefficient (Wildman–Crippen LogP) is -0.315. The molecule has 0 saturated heterocycles. The average molecular weight is 221 g/mol. The minimum atomic E-state index is -0.964. The number of aryl methyl sites for hydroxylation is 1. The highest BCUT2D eigenvalue weighted by atomic mass is 16.3. The van der Waals surface area contributed by atoms with Crippen molar-refractivity contribution in [3.05, 3.63) is 23.9 Å². The highest BCUT2D eigenvalue weighted by Gasteiger charge is 2.22. The third kappa shape index (κ3) is 2.02. The number of nitrogens with two attached hydrogens (primary N) is 1. The van der Waals surface area contributed by atoms with Gasteiger partial charge in [0.1, 0.15) is 12.2 Å². The molecule has 1 unspecified atom stereocenters. The van der Waals surface area contributed by atoms with Gasteiger partial charge in [-0.3, -0.25) is 4.40 Å². The summed E-state index contributed by atoms with van der Waals surface area (Å²) < 4.78 is 1.76. The third-order valence-electron chi connectivity index (χ3n) is 2.49. The molecule has 0 aliphatic carbocycles. The van der Waals surface area contributed by atoms with Gasteiger partial charge in [0.2, 0.25) is 0 Å². The van der Waals surface area contributed by atoms with Crippen LogP contribution in [0.1, 0.15) is 18.4 Å². The van der Waals surface area contributed by atoms with Gasteiger partial charge in [0.05, 0.1) is 5.60 Å². The van der Waals surface area contributed by atoms with Crippen molar-refractivity contribution in [2.45, 2.75) is 25.9 Å². The van der Waals surface area contributed by atoms with Gasteiger partial charge in [0, 0.05) is 24.7 Å². The van der Waals surface area contributed by atoms with Crippen LogP contribution in [0.15, 0.2) is 12.4 Å². The van der Waals surface area contributed by atoms with Gasteiger partial charge in [-0.1, -0.05) is 0 Å². The highest BCUT2D eigenvalue weighted by Crippen LogP contribution is 2.11. The molecule has 6 heteroatoms. The maximum atomic E-state index is 9.88. The van der Waals surface area contributed by atoms with Crippen molar-refractivity contribution in [3.63, 3.8) is 0 Å². The first-order valence-corrected chi connectivity index (χ1v) is 5.10. The lowest BCUT2D eigenvalue weighted by atomic mass is 10.0. The Morgan fingerprint density at radius 1 is 1.50 bits per heavy atom. The van der Waals surface area contributed by atoms with E-state index in [1.165, 1.54) is 0 Å². The molecule has 86 valence electrons.